The smallest absolute Gasteiger partial charge is 0.269 e. The average Bonchev–Trinajstić information content (AvgIpc) is 4.24. The van der Waals surface area contributed by atoms with Gasteiger partial charge in [-0.25, -0.2) is 4.39 Å². The predicted molar refractivity (Wildman–Crippen MR) is 264 cm³/mol. The average molecular weight is 950 g/mol. The number of hydrogen-bond donors (Lipinski definition) is 2. The van der Waals surface area contributed by atoms with Crippen LogP contribution in [0.5, 0.6) is 17.2 Å². The van der Waals surface area contributed by atoms with E-state index in [0.29, 0.717) is 41.4 Å². The van der Waals surface area contributed by atoms with E-state index in [9.17, 15) is 29.5 Å². The SMILES string of the molecule is C=CCO[C@@]12Oc3ccc(Oc4ccc(-c5ccccc5)cc4)cc3[C@H]3[C@H](CCCCO)[C@@H](CCCCO)C=C(C(=NOCc4ccc([N+](=O)[O-])cc4)C[C@@H]1N(Cc1ccc(F)cc1)C(=O)C1CC1)[C@H]32. The molecule has 70 heavy (non-hydrogen) atoms. The zero-order chi connectivity index (χ0) is 48.6. The third kappa shape index (κ3) is 10.6. The highest BCUT2D eigenvalue weighted by Crippen LogP contribution is 2.62. The molecule has 1 amide bonds. The van der Waals surface area contributed by atoms with E-state index in [0.717, 1.165) is 66.4 Å². The van der Waals surface area contributed by atoms with Gasteiger partial charge in [0.1, 0.15) is 35.7 Å². The van der Waals surface area contributed by atoms with E-state index in [-0.39, 0.29) is 80.5 Å². The van der Waals surface area contributed by atoms with Crippen molar-refractivity contribution in [3.8, 4) is 28.4 Å². The predicted octanol–water partition coefficient (Wildman–Crippen LogP) is 11.5. The van der Waals surface area contributed by atoms with E-state index in [1.54, 1.807) is 30.3 Å². The van der Waals surface area contributed by atoms with E-state index < -0.39 is 22.7 Å². The minimum Gasteiger partial charge on any atom is -0.459 e. The first kappa shape index (κ1) is 48.4. The van der Waals surface area contributed by atoms with Crippen LogP contribution in [0.1, 0.15) is 80.4 Å². The maximum atomic E-state index is 14.9. The highest BCUT2D eigenvalue weighted by molar-refractivity contribution is 6.03. The van der Waals surface area contributed by atoms with Gasteiger partial charge in [-0.1, -0.05) is 84.7 Å². The molecule has 0 spiro atoms. The number of rotatable bonds is 22. The Morgan fingerprint density at radius 2 is 1.56 bits per heavy atom. The fourth-order valence-electron chi connectivity index (χ4n) is 10.8. The van der Waals surface area contributed by atoms with Gasteiger partial charge in [0.2, 0.25) is 11.7 Å². The number of nitro benzene ring substituents is 1. The summed E-state index contributed by atoms with van der Waals surface area (Å²) in [5, 5.41) is 36.4. The molecule has 13 heteroatoms. The number of benzene rings is 5. The molecule has 0 saturated heterocycles. The van der Waals surface area contributed by atoms with Crippen molar-refractivity contribution in [2.24, 2.45) is 28.8 Å². The zero-order valence-corrected chi connectivity index (χ0v) is 39.2. The van der Waals surface area contributed by atoms with Crippen LogP contribution in [-0.2, 0) is 27.5 Å². The van der Waals surface area contributed by atoms with Crippen molar-refractivity contribution < 1.29 is 43.4 Å². The van der Waals surface area contributed by atoms with E-state index in [1.165, 1.54) is 24.3 Å². The van der Waals surface area contributed by atoms with Gasteiger partial charge < -0.3 is 34.2 Å². The van der Waals surface area contributed by atoms with Crippen LogP contribution in [0, 0.1) is 39.6 Å². The number of halogens is 1. The summed E-state index contributed by atoms with van der Waals surface area (Å²) in [5.41, 5.74) is 5.96. The maximum absolute atomic E-state index is 14.9. The van der Waals surface area contributed by atoms with Crippen molar-refractivity contribution in [1.82, 2.24) is 4.90 Å². The van der Waals surface area contributed by atoms with Crippen molar-refractivity contribution >= 4 is 17.3 Å². The van der Waals surface area contributed by atoms with Gasteiger partial charge in [0.25, 0.3) is 5.69 Å². The number of aliphatic hydroxyl groups excluding tert-OH is 2. The van der Waals surface area contributed by atoms with Crippen molar-refractivity contribution in [3.63, 3.8) is 0 Å². The van der Waals surface area contributed by atoms with Crippen LogP contribution in [0.15, 0.2) is 151 Å². The standard InChI is InChI=1S/C57H60FN3O9/c1-2-32-67-57-53(60(56(64)42-18-19-42)36-38-14-22-44(58)23-15-38)35-51(59-68-37-39-16-24-45(25-17-39)61(65)66)49-33-43(12-6-8-30-62)48(13-7-9-31-63)54(55(49)57)50-34-47(28-29-52(50)70-57)69-46-26-20-41(21-27-46)40-10-4-3-5-11-40/h2-5,10-11,14-17,20-29,33-34,42-43,48,53-55,62-63H,1,6-9,12-13,18-19,30-32,35-37H2/t43-,48+,53-,54+,55+,57+/m0/s1. The third-order valence-electron chi connectivity index (χ3n) is 14.2. The van der Waals surface area contributed by atoms with E-state index in [4.69, 9.17) is 24.2 Å². The summed E-state index contributed by atoms with van der Waals surface area (Å²) in [6, 6.07) is 35.6. The Kier molecular flexibility index (Phi) is 15.2. The number of allylic oxidation sites excluding steroid dienone is 1. The van der Waals surface area contributed by atoms with Gasteiger partial charge >= 0.3 is 0 Å². The number of unbranched alkanes of at least 4 members (excludes halogenated alkanes) is 2. The number of fused-ring (bicyclic) bond motifs is 2. The van der Waals surface area contributed by atoms with Crippen LogP contribution in [0.2, 0.25) is 0 Å². The summed E-state index contributed by atoms with van der Waals surface area (Å²) in [6.45, 7) is 4.46. The number of carbonyl (C=O) groups is 1. The molecular weight excluding hydrogens is 890 g/mol. The van der Waals surface area contributed by atoms with Crippen LogP contribution in [0.4, 0.5) is 10.1 Å². The number of ether oxygens (including phenoxy) is 3. The Hall–Kier alpha value is -6.67. The summed E-state index contributed by atoms with van der Waals surface area (Å²) in [6.07, 6.45) is 9.94. The monoisotopic (exact) mass is 949 g/mol. The van der Waals surface area contributed by atoms with Gasteiger partial charge in [-0.3, -0.25) is 14.9 Å². The second-order valence-corrected chi connectivity index (χ2v) is 18.8. The molecule has 5 aromatic carbocycles. The lowest BCUT2D eigenvalue weighted by Gasteiger charge is -2.60. The molecule has 1 aliphatic heterocycles. The minimum absolute atomic E-state index is 0.000473. The van der Waals surface area contributed by atoms with Crippen molar-refractivity contribution in [2.45, 2.75) is 88.7 Å². The lowest BCUT2D eigenvalue weighted by molar-refractivity contribution is -0.384. The van der Waals surface area contributed by atoms with Gasteiger partial charge in [0, 0.05) is 55.7 Å². The highest BCUT2D eigenvalue weighted by atomic mass is 19.1. The van der Waals surface area contributed by atoms with Crippen LogP contribution in [0.25, 0.3) is 11.1 Å². The van der Waals surface area contributed by atoms with Crippen LogP contribution in [-0.4, -0.2) is 63.3 Å². The summed E-state index contributed by atoms with van der Waals surface area (Å²) >= 11 is 0. The first-order valence-electron chi connectivity index (χ1n) is 24.5. The summed E-state index contributed by atoms with van der Waals surface area (Å²) in [7, 11) is 0. The van der Waals surface area contributed by atoms with Gasteiger partial charge in [-0.05, 0) is 133 Å². The summed E-state index contributed by atoms with van der Waals surface area (Å²) in [4.78, 5) is 34.0. The molecule has 0 aromatic heterocycles. The Labute approximate surface area is 408 Å². The number of aliphatic hydroxyl groups is 2. The number of nitrogens with zero attached hydrogens (tertiary/aromatic N) is 3. The number of non-ortho nitro benzene ring substituents is 1. The second kappa shape index (κ2) is 22.0. The molecule has 0 unspecified atom stereocenters. The minimum atomic E-state index is -1.49. The Morgan fingerprint density at radius 3 is 2.24 bits per heavy atom. The van der Waals surface area contributed by atoms with Gasteiger partial charge in [-0.2, -0.15) is 0 Å². The third-order valence-corrected chi connectivity index (χ3v) is 14.2. The molecule has 12 nitrogen and oxygen atoms in total. The van der Waals surface area contributed by atoms with Gasteiger partial charge in [-0.15, -0.1) is 6.58 Å². The molecule has 9 rings (SSSR count). The van der Waals surface area contributed by atoms with E-state index in [1.807, 2.05) is 59.5 Å². The molecule has 2 saturated carbocycles. The molecule has 1 heterocycles. The van der Waals surface area contributed by atoms with Crippen LogP contribution >= 0.6 is 0 Å². The second-order valence-electron chi connectivity index (χ2n) is 18.8. The van der Waals surface area contributed by atoms with E-state index >= 15 is 0 Å². The number of carbonyl (C=O) groups excluding carboxylic acids is 1. The van der Waals surface area contributed by atoms with Crippen LogP contribution < -0.4 is 9.47 Å². The fraction of sp³-hybridized carbons (Fsp3) is 0.368. The van der Waals surface area contributed by atoms with Crippen molar-refractivity contribution in [1.29, 1.82) is 0 Å². The highest BCUT2D eigenvalue weighted by Gasteiger charge is 2.66. The summed E-state index contributed by atoms with van der Waals surface area (Å²) in [5.74, 6) is -1.11. The topological polar surface area (TPSA) is 153 Å². The fourth-order valence-corrected chi connectivity index (χ4v) is 10.8. The molecule has 4 aliphatic rings. The number of hydrogen-bond acceptors (Lipinski definition) is 10. The number of amides is 1. The first-order valence-corrected chi connectivity index (χ1v) is 24.5. The summed E-state index contributed by atoms with van der Waals surface area (Å²) < 4.78 is 35.6. The van der Waals surface area contributed by atoms with Gasteiger partial charge in [0.05, 0.1) is 23.2 Å². The Balaban J connectivity index is 1.20. The lowest BCUT2D eigenvalue weighted by Crippen LogP contribution is -2.70. The molecular formula is C57H60FN3O9. The quantitative estimate of drug-likeness (QED) is 0.0299. The van der Waals surface area contributed by atoms with Crippen LogP contribution in [0.3, 0.4) is 0 Å². The van der Waals surface area contributed by atoms with Gasteiger partial charge in [0.15, 0.2) is 0 Å². The molecule has 2 N–H and O–H groups in total. The van der Waals surface area contributed by atoms with Crippen molar-refractivity contribution in [3.05, 3.63) is 178 Å². The Bertz CT molecular complexity index is 2670. The number of nitro groups is 1. The van der Waals surface area contributed by atoms with E-state index in [2.05, 4.69) is 30.9 Å². The first-order chi connectivity index (χ1) is 34.2. The molecule has 2 fully saturated rings. The zero-order valence-electron chi connectivity index (χ0n) is 39.2. The maximum Gasteiger partial charge on any atom is 0.269 e. The van der Waals surface area contributed by atoms with Crippen molar-refractivity contribution in [2.75, 3.05) is 19.8 Å². The molecule has 6 atom stereocenters. The lowest BCUT2D eigenvalue weighted by atomic mass is 9.55. The number of oxime groups is 1. The molecule has 0 bridgehead atoms. The molecule has 364 valence electrons. The molecule has 0 radical (unpaired) electrons. The normalized spacial score (nSPS) is 22.8. The largest absolute Gasteiger partial charge is 0.459 e. The molecule has 3 aliphatic carbocycles. The Morgan fingerprint density at radius 1 is 0.871 bits per heavy atom. The molecule has 5 aromatic rings.